The van der Waals surface area contributed by atoms with Crippen LogP contribution in [0.5, 0.6) is 0 Å². The molecule has 1 aliphatic rings. The number of hydrogen-bond acceptors (Lipinski definition) is 1. The first kappa shape index (κ1) is 10.7. The molecule has 1 nitrogen and oxygen atoms in total. The summed E-state index contributed by atoms with van der Waals surface area (Å²) < 4.78 is 0. The van der Waals surface area contributed by atoms with Crippen molar-refractivity contribution in [1.29, 1.82) is 0 Å². The molecular formula is C12H22O. The van der Waals surface area contributed by atoms with Gasteiger partial charge in [0.1, 0.15) is 5.78 Å². The van der Waals surface area contributed by atoms with Crippen LogP contribution in [0.2, 0.25) is 0 Å². The van der Waals surface area contributed by atoms with Crippen molar-refractivity contribution in [3.63, 3.8) is 0 Å². The molecular weight excluding hydrogens is 160 g/mol. The summed E-state index contributed by atoms with van der Waals surface area (Å²) in [5.74, 6) is 1.87. The molecule has 0 amide bonds. The second-order valence-corrected chi connectivity index (χ2v) is 4.61. The van der Waals surface area contributed by atoms with E-state index in [1.54, 1.807) is 0 Å². The lowest BCUT2D eigenvalue weighted by Gasteiger charge is -2.18. The van der Waals surface area contributed by atoms with Gasteiger partial charge in [0.25, 0.3) is 0 Å². The van der Waals surface area contributed by atoms with Crippen LogP contribution in [0.25, 0.3) is 0 Å². The Kier molecular flexibility index (Phi) is 3.95. The van der Waals surface area contributed by atoms with Crippen molar-refractivity contribution in [2.45, 2.75) is 52.9 Å². The van der Waals surface area contributed by atoms with Crippen LogP contribution < -0.4 is 0 Å². The number of carbonyl (C=O) groups is 1. The maximum atomic E-state index is 11.9. The summed E-state index contributed by atoms with van der Waals surface area (Å²) in [6.07, 6.45) is 5.87. The Morgan fingerprint density at radius 3 is 2.62 bits per heavy atom. The monoisotopic (exact) mass is 182 g/mol. The van der Waals surface area contributed by atoms with Crippen molar-refractivity contribution in [2.24, 2.45) is 17.8 Å². The van der Waals surface area contributed by atoms with Crippen molar-refractivity contribution in [1.82, 2.24) is 0 Å². The predicted molar refractivity (Wildman–Crippen MR) is 55.6 cm³/mol. The molecule has 0 spiro atoms. The minimum atomic E-state index is 0.301. The van der Waals surface area contributed by atoms with Crippen molar-refractivity contribution in [3.05, 3.63) is 0 Å². The molecule has 3 atom stereocenters. The molecule has 0 radical (unpaired) electrons. The summed E-state index contributed by atoms with van der Waals surface area (Å²) in [7, 11) is 0. The average molecular weight is 182 g/mol. The van der Waals surface area contributed by atoms with Crippen LogP contribution in [0.1, 0.15) is 52.9 Å². The fourth-order valence-electron chi connectivity index (χ4n) is 2.51. The SMILES string of the molecule is CCCC(C)C(=O)C1CCCC1C. The first-order chi connectivity index (χ1) is 6.16. The second kappa shape index (κ2) is 4.78. The number of rotatable bonds is 4. The summed E-state index contributed by atoms with van der Waals surface area (Å²) in [6.45, 7) is 6.48. The topological polar surface area (TPSA) is 17.1 Å². The molecule has 0 saturated heterocycles. The number of ketones is 1. The molecule has 0 aromatic heterocycles. The normalized spacial score (nSPS) is 30.4. The number of Topliss-reactive ketones (excluding diaryl/α,β-unsaturated/α-hetero) is 1. The Morgan fingerprint density at radius 1 is 1.46 bits per heavy atom. The minimum absolute atomic E-state index is 0.301. The lowest BCUT2D eigenvalue weighted by atomic mass is 9.85. The summed E-state index contributed by atoms with van der Waals surface area (Å²) >= 11 is 0. The van der Waals surface area contributed by atoms with Gasteiger partial charge in [0.05, 0.1) is 0 Å². The standard InChI is InChI=1S/C12H22O/c1-4-6-10(3)12(13)11-8-5-7-9(11)2/h9-11H,4-8H2,1-3H3. The Morgan fingerprint density at radius 2 is 2.15 bits per heavy atom. The molecule has 3 unspecified atom stereocenters. The van der Waals surface area contributed by atoms with Crippen LogP contribution >= 0.6 is 0 Å². The highest BCUT2D eigenvalue weighted by Gasteiger charge is 2.31. The van der Waals surface area contributed by atoms with E-state index < -0.39 is 0 Å². The zero-order valence-electron chi connectivity index (χ0n) is 9.18. The number of carbonyl (C=O) groups excluding carboxylic acids is 1. The van der Waals surface area contributed by atoms with Gasteiger partial charge < -0.3 is 0 Å². The number of hydrogen-bond donors (Lipinski definition) is 0. The maximum Gasteiger partial charge on any atom is 0.139 e. The minimum Gasteiger partial charge on any atom is -0.299 e. The van der Waals surface area contributed by atoms with Crippen LogP contribution in [0, 0.1) is 17.8 Å². The fourth-order valence-corrected chi connectivity index (χ4v) is 2.51. The molecule has 1 fully saturated rings. The van der Waals surface area contributed by atoms with Crippen molar-refractivity contribution in [2.75, 3.05) is 0 Å². The lowest BCUT2D eigenvalue weighted by molar-refractivity contribution is -0.127. The van der Waals surface area contributed by atoms with Gasteiger partial charge in [0, 0.05) is 11.8 Å². The Labute approximate surface area is 81.9 Å². The van der Waals surface area contributed by atoms with E-state index in [1.165, 1.54) is 12.8 Å². The van der Waals surface area contributed by atoms with Crippen LogP contribution in [0.15, 0.2) is 0 Å². The largest absolute Gasteiger partial charge is 0.299 e. The molecule has 1 heteroatoms. The van der Waals surface area contributed by atoms with Crippen molar-refractivity contribution in [3.8, 4) is 0 Å². The van der Waals surface area contributed by atoms with Crippen LogP contribution in [0.4, 0.5) is 0 Å². The molecule has 0 aromatic rings. The van der Waals surface area contributed by atoms with Crippen LogP contribution in [-0.4, -0.2) is 5.78 Å². The second-order valence-electron chi connectivity index (χ2n) is 4.61. The lowest BCUT2D eigenvalue weighted by Crippen LogP contribution is -2.23. The molecule has 0 aromatic carbocycles. The summed E-state index contributed by atoms with van der Waals surface area (Å²) in [5.41, 5.74) is 0. The molecule has 1 saturated carbocycles. The van der Waals surface area contributed by atoms with E-state index in [-0.39, 0.29) is 0 Å². The smallest absolute Gasteiger partial charge is 0.139 e. The molecule has 0 aliphatic heterocycles. The van der Waals surface area contributed by atoms with Crippen molar-refractivity contribution < 1.29 is 4.79 Å². The van der Waals surface area contributed by atoms with Gasteiger partial charge >= 0.3 is 0 Å². The third-order valence-electron chi connectivity index (χ3n) is 3.43. The van der Waals surface area contributed by atoms with E-state index in [1.807, 2.05) is 0 Å². The molecule has 13 heavy (non-hydrogen) atoms. The predicted octanol–water partition coefficient (Wildman–Crippen LogP) is 3.43. The highest BCUT2D eigenvalue weighted by Crippen LogP contribution is 2.34. The highest BCUT2D eigenvalue weighted by molar-refractivity contribution is 5.83. The summed E-state index contributed by atoms with van der Waals surface area (Å²) in [6, 6.07) is 0. The van der Waals surface area contributed by atoms with Gasteiger partial charge in [-0.1, -0.05) is 33.6 Å². The molecule has 0 heterocycles. The Bertz CT molecular complexity index is 174. The van der Waals surface area contributed by atoms with Gasteiger partial charge in [0.15, 0.2) is 0 Å². The van der Waals surface area contributed by atoms with Gasteiger partial charge in [-0.2, -0.15) is 0 Å². The van der Waals surface area contributed by atoms with Crippen LogP contribution in [-0.2, 0) is 4.79 Å². The first-order valence-corrected chi connectivity index (χ1v) is 5.70. The van der Waals surface area contributed by atoms with Crippen LogP contribution in [0.3, 0.4) is 0 Å². The van der Waals surface area contributed by atoms with Gasteiger partial charge in [0.2, 0.25) is 0 Å². The van der Waals surface area contributed by atoms with Gasteiger partial charge in [-0.05, 0) is 25.2 Å². The van der Waals surface area contributed by atoms with Gasteiger partial charge in [-0.25, -0.2) is 0 Å². The van der Waals surface area contributed by atoms with E-state index in [0.29, 0.717) is 23.5 Å². The van der Waals surface area contributed by atoms with E-state index in [0.717, 1.165) is 19.3 Å². The summed E-state index contributed by atoms with van der Waals surface area (Å²) in [5, 5.41) is 0. The maximum absolute atomic E-state index is 11.9. The van der Waals surface area contributed by atoms with E-state index in [2.05, 4.69) is 20.8 Å². The Balaban J connectivity index is 2.46. The van der Waals surface area contributed by atoms with Gasteiger partial charge in [-0.15, -0.1) is 0 Å². The van der Waals surface area contributed by atoms with E-state index in [4.69, 9.17) is 0 Å². The molecule has 1 aliphatic carbocycles. The molecule has 0 bridgehead atoms. The quantitative estimate of drug-likeness (QED) is 0.651. The highest BCUT2D eigenvalue weighted by atomic mass is 16.1. The molecule has 1 rings (SSSR count). The first-order valence-electron chi connectivity index (χ1n) is 5.70. The zero-order chi connectivity index (χ0) is 9.84. The molecule has 76 valence electrons. The van der Waals surface area contributed by atoms with E-state index >= 15 is 0 Å². The average Bonchev–Trinajstić information content (AvgIpc) is 2.50. The fraction of sp³-hybridized carbons (Fsp3) is 0.917. The Hall–Kier alpha value is -0.330. The third kappa shape index (κ3) is 2.55. The van der Waals surface area contributed by atoms with Crippen molar-refractivity contribution >= 4 is 5.78 Å². The van der Waals surface area contributed by atoms with Gasteiger partial charge in [-0.3, -0.25) is 4.79 Å². The van der Waals surface area contributed by atoms with E-state index in [9.17, 15) is 4.79 Å². The zero-order valence-corrected chi connectivity index (χ0v) is 9.18. The third-order valence-corrected chi connectivity index (χ3v) is 3.43. The molecule has 0 N–H and O–H groups in total. The summed E-state index contributed by atoms with van der Waals surface area (Å²) in [4.78, 5) is 11.9.